The van der Waals surface area contributed by atoms with Crippen LogP contribution in [0.3, 0.4) is 0 Å². The smallest absolute Gasteiger partial charge is 0.410 e. The number of nitrogens with zero attached hydrogens (tertiary/aromatic N) is 4. The number of nitrogens with one attached hydrogen (secondary N) is 1. The minimum Gasteiger partial charge on any atom is -0.480 e. The Labute approximate surface area is 275 Å². The number of fused-ring (bicyclic) bond motifs is 1. The molecule has 0 saturated carbocycles. The van der Waals surface area contributed by atoms with Crippen LogP contribution in [0.25, 0.3) is 22.0 Å². The van der Waals surface area contributed by atoms with Gasteiger partial charge in [0.15, 0.2) is 0 Å². The van der Waals surface area contributed by atoms with Crippen molar-refractivity contribution in [3.05, 3.63) is 41.0 Å². The van der Waals surface area contributed by atoms with Crippen molar-refractivity contribution in [1.29, 1.82) is 0 Å². The molecular formula is C34H44ClN5O6. The van der Waals surface area contributed by atoms with Crippen LogP contribution in [0.5, 0.6) is 5.88 Å². The highest BCUT2D eigenvalue weighted by atomic mass is 35.5. The molecule has 0 atom stereocenters. The summed E-state index contributed by atoms with van der Waals surface area (Å²) in [5.74, 6) is 1.09. The van der Waals surface area contributed by atoms with Gasteiger partial charge in [-0.3, -0.25) is 4.79 Å². The van der Waals surface area contributed by atoms with E-state index in [0.717, 1.165) is 11.3 Å². The molecule has 0 unspecified atom stereocenters. The zero-order chi connectivity index (χ0) is 33.2. The lowest BCUT2D eigenvalue weighted by Crippen LogP contribution is -2.53. The zero-order valence-corrected chi connectivity index (χ0v) is 28.3. The van der Waals surface area contributed by atoms with Gasteiger partial charge in [-0.15, -0.1) is 0 Å². The fraction of sp³-hybridized carbons (Fsp3) is 0.529. The van der Waals surface area contributed by atoms with Crippen LogP contribution in [0.2, 0.25) is 5.02 Å². The first-order valence-corrected chi connectivity index (χ1v) is 16.3. The van der Waals surface area contributed by atoms with E-state index in [9.17, 15) is 14.4 Å². The van der Waals surface area contributed by atoms with Gasteiger partial charge in [-0.25, -0.2) is 9.59 Å². The van der Waals surface area contributed by atoms with Gasteiger partial charge < -0.3 is 33.9 Å². The van der Waals surface area contributed by atoms with Gasteiger partial charge in [-0.2, -0.15) is 4.98 Å². The zero-order valence-electron chi connectivity index (χ0n) is 27.5. The molecule has 0 aliphatic carbocycles. The molecule has 46 heavy (non-hydrogen) atoms. The Morgan fingerprint density at radius 2 is 1.67 bits per heavy atom. The van der Waals surface area contributed by atoms with Crippen molar-refractivity contribution < 1.29 is 28.6 Å². The highest BCUT2D eigenvalue weighted by Gasteiger charge is 2.33. The third-order valence-corrected chi connectivity index (χ3v) is 8.59. The number of piperidine rings is 1. The first-order valence-electron chi connectivity index (χ1n) is 15.9. The van der Waals surface area contributed by atoms with Crippen LogP contribution in [-0.4, -0.2) is 96.3 Å². The predicted molar refractivity (Wildman–Crippen MR) is 178 cm³/mol. The molecule has 1 aromatic carbocycles. The lowest BCUT2D eigenvalue weighted by atomic mass is 9.95. The molecule has 1 N–H and O–H groups in total. The number of benzene rings is 1. The van der Waals surface area contributed by atoms with Crippen LogP contribution in [0.15, 0.2) is 30.5 Å². The van der Waals surface area contributed by atoms with E-state index in [-0.39, 0.29) is 23.8 Å². The molecule has 0 bridgehead atoms. The van der Waals surface area contributed by atoms with E-state index in [1.54, 1.807) is 24.3 Å². The summed E-state index contributed by atoms with van der Waals surface area (Å²) in [7, 11) is 1.57. The predicted octanol–water partition coefficient (Wildman–Crippen LogP) is 6.00. The van der Waals surface area contributed by atoms with E-state index in [2.05, 4.69) is 9.88 Å². The second-order valence-corrected chi connectivity index (χ2v) is 13.8. The largest absolute Gasteiger partial charge is 0.480 e. The summed E-state index contributed by atoms with van der Waals surface area (Å²) in [4.78, 5) is 52.2. The van der Waals surface area contributed by atoms with Crippen LogP contribution in [0.4, 0.5) is 10.6 Å². The molecule has 5 rings (SSSR count). The van der Waals surface area contributed by atoms with Crippen molar-refractivity contribution in [2.75, 3.05) is 57.9 Å². The van der Waals surface area contributed by atoms with E-state index in [0.29, 0.717) is 91.7 Å². The molecule has 2 aromatic heterocycles. The standard InChI is InChI=1S/C34H44ClN5O6/c1-21(2)20-45-32(42)26-19-36-28-18-27(35)24(17-25(26)28)23-7-8-29(37-30(23)44-6)38-11-9-22(10-12-38)31(41)39-13-15-40(16-14-39)33(43)46-34(3,4)5/h7-8,17-19,21-22,36H,9-16,20H2,1-6H3. The van der Waals surface area contributed by atoms with Gasteiger partial charge in [0.05, 0.1) is 24.3 Å². The Balaban J connectivity index is 1.23. The topological polar surface area (TPSA) is 117 Å². The fourth-order valence-electron chi connectivity index (χ4n) is 5.86. The van der Waals surface area contributed by atoms with Gasteiger partial charge >= 0.3 is 12.1 Å². The lowest BCUT2D eigenvalue weighted by Gasteiger charge is -2.39. The molecule has 3 aromatic rings. The fourth-order valence-corrected chi connectivity index (χ4v) is 6.12. The number of methoxy groups -OCH3 is 1. The second kappa shape index (κ2) is 13.8. The van der Waals surface area contributed by atoms with Crippen molar-refractivity contribution in [2.24, 2.45) is 11.8 Å². The average molecular weight is 654 g/mol. The van der Waals surface area contributed by atoms with Crippen LogP contribution >= 0.6 is 11.6 Å². The summed E-state index contributed by atoms with van der Waals surface area (Å²) < 4.78 is 16.7. The quantitative estimate of drug-likeness (QED) is 0.309. The van der Waals surface area contributed by atoms with Crippen molar-refractivity contribution >= 4 is 46.3 Å². The summed E-state index contributed by atoms with van der Waals surface area (Å²) >= 11 is 6.71. The number of rotatable bonds is 7. The van der Waals surface area contributed by atoms with Crippen LogP contribution < -0.4 is 9.64 Å². The number of carbonyl (C=O) groups excluding carboxylic acids is 3. The first-order chi connectivity index (χ1) is 21.8. The van der Waals surface area contributed by atoms with Gasteiger partial charge in [0.25, 0.3) is 0 Å². The minimum atomic E-state index is -0.546. The van der Waals surface area contributed by atoms with Gasteiger partial charge in [0.1, 0.15) is 11.4 Å². The summed E-state index contributed by atoms with van der Waals surface area (Å²) in [6.07, 6.45) is 2.73. The van der Waals surface area contributed by atoms with E-state index in [1.165, 1.54) is 0 Å². The number of aromatic nitrogens is 2. The SMILES string of the molecule is COc1nc(N2CCC(C(=O)N3CCN(C(=O)OC(C)(C)C)CC3)CC2)ccc1-c1cc2c(C(=O)OCC(C)C)c[nH]c2cc1Cl. The first kappa shape index (κ1) is 33.4. The average Bonchev–Trinajstić information content (AvgIpc) is 3.44. The van der Waals surface area contributed by atoms with E-state index >= 15 is 0 Å². The van der Waals surface area contributed by atoms with Crippen LogP contribution in [-0.2, 0) is 14.3 Å². The normalized spacial score (nSPS) is 16.2. The highest BCUT2D eigenvalue weighted by molar-refractivity contribution is 6.34. The molecule has 248 valence electrons. The Morgan fingerprint density at radius 1 is 1.00 bits per heavy atom. The summed E-state index contributed by atoms with van der Waals surface area (Å²) in [6.45, 7) is 13.2. The number of amides is 2. The second-order valence-electron chi connectivity index (χ2n) is 13.4. The molecule has 2 amide bonds. The van der Waals surface area contributed by atoms with Crippen molar-refractivity contribution in [2.45, 2.75) is 53.1 Å². The maximum Gasteiger partial charge on any atom is 0.410 e. The molecule has 2 aliphatic heterocycles. The van der Waals surface area contributed by atoms with Gasteiger partial charge in [0, 0.05) is 73.4 Å². The highest BCUT2D eigenvalue weighted by Crippen LogP contribution is 2.39. The summed E-state index contributed by atoms with van der Waals surface area (Å²) in [5.41, 5.74) is 2.03. The monoisotopic (exact) mass is 653 g/mol. The van der Waals surface area contributed by atoms with Gasteiger partial charge in [0.2, 0.25) is 11.8 Å². The Hall–Kier alpha value is -3.99. The van der Waals surface area contributed by atoms with E-state index < -0.39 is 11.6 Å². The summed E-state index contributed by atoms with van der Waals surface area (Å²) in [6, 6.07) is 7.52. The molecule has 0 spiro atoms. The number of halogens is 1. The molecule has 4 heterocycles. The van der Waals surface area contributed by atoms with Crippen molar-refractivity contribution in [3.63, 3.8) is 0 Å². The van der Waals surface area contributed by atoms with Gasteiger partial charge in [-0.05, 0) is 63.8 Å². The molecule has 2 saturated heterocycles. The number of pyridine rings is 1. The Kier molecular flexibility index (Phi) is 10.0. The molecular weight excluding hydrogens is 610 g/mol. The number of aromatic amines is 1. The lowest BCUT2D eigenvalue weighted by molar-refractivity contribution is -0.138. The maximum absolute atomic E-state index is 13.3. The molecule has 11 nitrogen and oxygen atoms in total. The number of esters is 1. The molecule has 2 aliphatic rings. The molecule has 0 radical (unpaired) electrons. The maximum atomic E-state index is 13.3. The molecule has 2 fully saturated rings. The number of hydrogen-bond acceptors (Lipinski definition) is 8. The van der Waals surface area contributed by atoms with Crippen molar-refractivity contribution in [1.82, 2.24) is 19.8 Å². The number of hydrogen-bond donors (Lipinski definition) is 1. The minimum absolute atomic E-state index is 0.0706. The number of H-pyrrole nitrogens is 1. The van der Waals surface area contributed by atoms with E-state index in [1.807, 2.05) is 57.7 Å². The van der Waals surface area contributed by atoms with Crippen molar-refractivity contribution in [3.8, 4) is 17.0 Å². The van der Waals surface area contributed by atoms with Crippen LogP contribution in [0.1, 0.15) is 57.8 Å². The number of anilines is 1. The Bertz CT molecular complexity index is 1580. The number of carbonyl (C=O) groups is 3. The number of piperazine rings is 1. The van der Waals surface area contributed by atoms with Crippen LogP contribution in [0, 0.1) is 11.8 Å². The third-order valence-electron chi connectivity index (χ3n) is 8.28. The van der Waals surface area contributed by atoms with Gasteiger partial charge in [-0.1, -0.05) is 25.4 Å². The Morgan fingerprint density at radius 3 is 2.30 bits per heavy atom. The van der Waals surface area contributed by atoms with E-state index in [4.69, 9.17) is 30.8 Å². The number of ether oxygens (including phenoxy) is 3. The molecule has 12 heteroatoms. The third kappa shape index (κ3) is 7.52. The summed E-state index contributed by atoms with van der Waals surface area (Å²) in [5, 5.41) is 1.20.